The van der Waals surface area contributed by atoms with Crippen LogP contribution in [0.3, 0.4) is 0 Å². The first-order valence-electron chi connectivity index (χ1n) is 11.1. The molecule has 0 aromatic heterocycles. The van der Waals surface area contributed by atoms with Crippen LogP contribution in [-0.4, -0.2) is 25.4 Å². The molecule has 1 heterocycles. The lowest BCUT2D eigenvalue weighted by atomic mass is 10.1. The fourth-order valence-electron chi connectivity index (χ4n) is 3.83. The molecule has 5 nitrogen and oxygen atoms in total. The maximum Gasteiger partial charge on any atom is 0.152 e. The van der Waals surface area contributed by atoms with Crippen molar-refractivity contribution in [2.45, 2.75) is 23.9 Å². The third kappa shape index (κ3) is 5.46. The van der Waals surface area contributed by atoms with Gasteiger partial charge in [-0.15, -0.1) is 11.8 Å². The Hall–Kier alpha value is -3.21. The summed E-state index contributed by atoms with van der Waals surface area (Å²) < 4.78 is 5.78. The van der Waals surface area contributed by atoms with E-state index in [4.69, 9.17) is 4.74 Å². The second kappa shape index (κ2) is 11.3. The molecule has 1 atom stereocenters. The van der Waals surface area contributed by atoms with Gasteiger partial charge in [0.15, 0.2) is 5.50 Å². The normalized spacial score (nSPS) is 14.6. The summed E-state index contributed by atoms with van der Waals surface area (Å²) in [6.07, 6.45) is 2.09. The number of ether oxygens (including phenoxy) is 1. The molecule has 4 rings (SSSR count). The van der Waals surface area contributed by atoms with Crippen molar-refractivity contribution in [2.75, 3.05) is 30.1 Å². The molecule has 0 bridgehead atoms. The number of nitrogens with one attached hydrogen (secondary N) is 2. The minimum Gasteiger partial charge on any atom is -0.495 e. The van der Waals surface area contributed by atoms with Crippen molar-refractivity contribution in [1.29, 1.82) is 5.26 Å². The molecule has 0 amide bonds. The molecule has 0 fully saturated rings. The van der Waals surface area contributed by atoms with Crippen LogP contribution in [0.4, 0.5) is 11.4 Å². The van der Waals surface area contributed by atoms with Crippen molar-refractivity contribution in [1.82, 2.24) is 5.32 Å². The smallest absolute Gasteiger partial charge is 0.152 e. The van der Waals surface area contributed by atoms with E-state index in [9.17, 15) is 5.26 Å². The molecule has 1 unspecified atom stereocenters. The highest BCUT2D eigenvalue weighted by molar-refractivity contribution is 8.03. The zero-order valence-corrected chi connectivity index (χ0v) is 21.2. The molecule has 1 aliphatic heterocycles. The Morgan fingerprint density at radius 2 is 1.97 bits per heavy atom. The number of nitriles is 1. The van der Waals surface area contributed by atoms with Gasteiger partial charge in [0.2, 0.25) is 0 Å². The Bertz CT molecular complexity index is 1200. The van der Waals surface area contributed by atoms with Crippen molar-refractivity contribution < 1.29 is 4.74 Å². The van der Waals surface area contributed by atoms with E-state index in [-0.39, 0.29) is 5.50 Å². The molecule has 1 aliphatic rings. The van der Waals surface area contributed by atoms with Gasteiger partial charge in [0.1, 0.15) is 5.75 Å². The summed E-state index contributed by atoms with van der Waals surface area (Å²) in [5.74, 6) is 0.826. The molecule has 0 radical (unpaired) electrons. The quantitative estimate of drug-likeness (QED) is 0.341. The summed E-state index contributed by atoms with van der Waals surface area (Å²) in [7, 11) is 1.71. The van der Waals surface area contributed by atoms with E-state index >= 15 is 0 Å². The summed E-state index contributed by atoms with van der Waals surface area (Å²) in [6.45, 7) is 3.71. The van der Waals surface area contributed by atoms with E-state index in [1.54, 1.807) is 30.6 Å². The zero-order chi connectivity index (χ0) is 23.9. The number of nitrogens with zero attached hydrogens (tertiary/aromatic N) is 2. The van der Waals surface area contributed by atoms with Crippen LogP contribution in [0.1, 0.15) is 23.6 Å². The van der Waals surface area contributed by atoms with Gasteiger partial charge in [0.25, 0.3) is 0 Å². The lowest BCUT2D eigenvalue weighted by molar-refractivity contribution is 0.414. The van der Waals surface area contributed by atoms with Crippen LogP contribution < -0.4 is 20.3 Å². The van der Waals surface area contributed by atoms with Gasteiger partial charge in [-0.05, 0) is 66.1 Å². The third-order valence-electron chi connectivity index (χ3n) is 5.67. The Kier molecular flexibility index (Phi) is 7.94. The Balaban J connectivity index is 1.46. The lowest BCUT2D eigenvalue weighted by Crippen LogP contribution is -2.40. The monoisotopic (exact) mass is 488 g/mol. The average Bonchev–Trinajstić information content (AvgIpc) is 3.38. The van der Waals surface area contributed by atoms with Gasteiger partial charge in [-0.25, -0.2) is 0 Å². The predicted molar refractivity (Wildman–Crippen MR) is 145 cm³/mol. The standard InChI is InChI=1S/C27H28N4OS2/c1-4-31(27-30-24(18-34-27)21-7-5-6-20(14-21)16-28)25-13-10-22(15-26(25)32-2)29-17-19-8-11-23(33-3)12-9-19/h5-15,18,27,29-30H,4,17H2,1-3H3. The van der Waals surface area contributed by atoms with Crippen molar-refractivity contribution in [3.8, 4) is 11.8 Å². The predicted octanol–water partition coefficient (Wildman–Crippen LogP) is 6.35. The second-order valence-corrected chi connectivity index (χ2v) is 9.57. The summed E-state index contributed by atoms with van der Waals surface area (Å²) >= 11 is 3.47. The summed E-state index contributed by atoms with van der Waals surface area (Å²) in [6, 6.07) is 24.8. The molecule has 2 N–H and O–H groups in total. The number of anilines is 2. The van der Waals surface area contributed by atoms with Crippen LogP contribution in [0.5, 0.6) is 5.75 Å². The Morgan fingerprint density at radius 1 is 1.15 bits per heavy atom. The highest BCUT2D eigenvalue weighted by atomic mass is 32.2. The minimum atomic E-state index is 0.0356. The number of thioether (sulfide) groups is 2. The van der Waals surface area contributed by atoms with E-state index in [1.807, 2.05) is 24.3 Å². The number of benzene rings is 3. The maximum absolute atomic E-state index is 9.21. The van der Waals surface area contributed by atoms with Crippen molar-refractivity contribution >= 4 is 40.6 Å². The maximum atomic E-state index is 9.21. The van der Waals surface area contributed by atoms with Gasteiger partial charge >= 0.3 is 0 Å². The SMILES string of the molecule is CCN(c1ccc(NCc2ccc(SC)cc2)cc1OC)C1NC(c2cccc(C#N)c2)=CS1. The fourth-order valence-corrected chi connectivity index (χ4v) is 5.31. The van der Waals surface area contributed by atoms with Crippen LogP contribution in [0.25, 0.3) is 5.70 Å². The van der Waals surface area contributed by atoms with Crippen LogP contribution in [0.2, 0.25) is 0 Å². The topological polar surface area (TPSA) is 60.3 Å². The van der Waals surface area contributed by atoms with E-state index in [2.05, 4.69) is 82.7 Å². The van der Waals surface area contributed by atoms with Crippen LogP contribution in [0.15, 0.2) is 77.0 Å². The minimum absolute atomic E-state index is 0.0356. The molecular formula is C27H28N4OS2. The first-order valence-corrected chi connectivity index (χ1v) is 13.3. The van der Waals surface area contributed by atoms with Gasteiger partial charge in [0, 0.05) is 29.7 Å². The van der Waals surface area contributed by atoms with E-state index in [1.165, 1.54) is 10.5 Å². The van der Waals surface area contributed by atoms with Crippen molar-refractivity contribution in [3.63, 3.8) is 0 Å². The average molecular weight is 489 g/mol. The highest BCUT2D eigenvalue weighted by Crippen LogP contribution is 2.37. The van der Waals surface area contributed by atoms with Crippen molar-refractivity contribution in [2.24, 2.45) is 0 Å². The first-order chi connectivity index (χ1) is 16.6. The van der Waals surface area contributed by atoms with Crippen molar-refractivity contribution in [3.05, 3.63) is 88.8 Å². The number of rotatable bonds is 9. The number of hydrogen-bond donors (Lipinski definition) is 2. The van der Waals surface area contributed by atoms with Crippen LogP contribution in [-0.2, 0) is 6.54 Å². The summed E-state index contributed by atoms with van der Waals surface area (Å²) in [5.41, 5.74) is 6.02. The Morgan fingerprint density at radius 3 is 2.68 bits per heavy atom. The molecule has 0 saturated carbocycles. The number of hydrogen-bond acceptors (Lipinski definition) is 7. The molecule has 34 heavy (non-hydrogen) atoms. The van der Waals surface area contributed by atoms with Gasteiger partial charge in [-0.2, -0.15) is 5.26 Å². The van der Waals surface area contributed by atoms with E-state index < -0.39 is 0 Å². The number of methoxy groups -OCH3 is 1. The zero-order valence-electron chi connectivity index (χ0n) is 19.5. The fraction of sp³-hybridized carbons (Fsp3) is 0.222. The lowest BCUT2D eigenvalue weighted by Gasteiger charge is -2.31. The van der Waals surface area contributed by atoms with Gasteiger partial charge in [-0.1, -0.05) is 36.0 Å². The molecule has 0 saturated heterocycles. The molecule has 3 aromatic rings. The molecule has 7 heteroatoms. The van der Waals surface area contributed by atoms with Gasteiger partial charge in [0.05, 0.1) is 30.1 Å². The summed E-state index contributed by atoms with van der Waals surface area (Å²) in [5, 5.41) is 18.4. The van der Waals surface area contributed by atoms with Gasteiger partial charge in [-0.3, -0.25) is 0 Å². The van der Waals surface area contributed by atoms with E-state index in [0.29, 0.717) is 5.56 Å². The molecule has 0 aliphatic carbocycles. The Labute approximate surface area is 210 Å². The van der Waals surface area contributed by atoms with E-state index in [0.717, 1.165) is 41.5 Å². The second-order valence-electron chi connectivity index (χ2n) is 7.73. The summed E-state index contributed by atoms with van der Waals surface area (Å²) in [4.78, 5) is 3.55. The first kappa shape index (κ1) is 23.9. The molecule has 174 valence electrons. The van der Waals surface area contributed by atoms with Crippen LogP contribution in [0, 0.1) is 11.3 Å². The molecular weight excluding hydrogens is 460 g/mol. The largest absolute Gasteiger partial charge is 0.495 e. The third-order valence-corrected chi connectivity index (χ3v) is 7.41. The highest BCUT2D eigenvalue weighted by Gasteiger charge is 2.26. The van der Waals surface area contributed by atoms with Gasteiger partial charge < -0.3 is 20.3 Å². The molecule has 3 aromatic carbocycles. The molecule has 0 spiro atoms. The van der Waals surface area contributed by atoms with Crippen LogP contribution >= 0.6 is 23.5 Å².